The Hall–Kier alpha value is -1.66. The van der Waals surface area contributed by atoms with Crippen LogP contribution in [0.2, 0.25) is 0 Å². The first-order valence-corrected chi connectivity index (χ1v) is 7.36. The molecule has 0 heterocycles. The van der Waals surface area contributed by atoms with Gasteiger partial charge in [0.05, 0.1) is 6.61 Å². The summed E-state index contributed by atoms with van der Waals surface area (Å²) in [6.45, 7) is 1.55. The molecule has 0 aliphatic rings. The van der Waals surface area contributed by atoms with E-state index in [1.165, 1.54) is 12.1 Å². The average molecular weight is 383 g/mol. The van der Waals surface area contributed by atoms with Crippen LogP contribution >= 0.6 is 34.8 Å². The zero-order valence-corrected chi connectivity index (χ0v) is 14.0. The number of nitrogens with one attached hydrogen (secondary N) is 1. The number of hydrogen-bond donors (Lipinski definition) is 1. The quantitative estimate of drug-likeness (QED) is 0.279. The van der Waals surface area contributed by atoms with Gasteiger partial charge in [0.2, 0.25) is 0 Å². The Morgan fingerprint density at radius 3 is 2.35 bits per heavy atom. The van der Waals surface area contributed by atoms with Crippen molar-refractivity contribution in [1.29, 1.82) is 0 Å². The van der Waals surface area contributed by atoms with Gasteiger partial charge in [-0.1, -0.05) is 46.9 Å². The summed E-state index contributed by atoms with van der Waals surface area (Å²) in [5, 5.41) is 2.23. The molecule has 1 unspecified atom stereocenters. The van der Waals surface area contributed by atoms with Crippen molar-refractivity contribution in [1.82, 2.24) is 5.32 Å². The first kappa shape index (κ1) is 19.4. The summed E-state index contributed by atoms with van der Waals surface area (Å²) in [5.41, 5.74) is 8.75. The number of esters is 1. The number of halogens is 4. The molecule has 0 saturated heterocycles. The molecular formula is C13H11Cl3FN3O3. The minimum Gasteiger partial charge on any atom is -0.457 e. The van der Waals surface area contributed by atoms with Crippen LogP contribution in [0.25, 0.3) is 5.53 Å². The number of benzene rings is 1. The fraction of sp³-hybridized carbons (Fsp3) is 0.308. The first-order valence-electron chi connectivity index (χ1n) is 6.23. The van der Waals surface area contributed by atoms with Crippen LogP contribution in [0.5, 0.6) is 0 Å². The Kier molecular flexibility index (Phi) is 6.97. The fourth-order valence-corrected chi connectivity index (χ4v) is 1.76. The van der Waals surface area contributed by atoms with Gasteiger partial charge in [-0.3, -0.25) is 4.79 Å². The van der Waals surface area contributed by atoms with E-state index in [9.17, 15) is 14.0 Å². The molecule has 1 rings (SSSR count). The molecule has 0 saturated carbocycles. The summed E-state index contributed by atoms with van der Waals surface area (Å²) in [7, 11) is 0. The topological polar surface area (TPSA) is 91.8 Å². The largest absolute Gasteiger partial charge is 0.457 e. The standard InChI is InChI=1S/C13H11Cl3FN3O3/c1-2-23-11(21)10(20-18)9(19-12(22)13(14,15)16)7-3-5-8(17)6-4-7/h3-6,9H,2H2,1H3,(H,19,22). The zero-order valence-electron chi connectivity index (χ0n) is 11.7. The Morgan fingerprint density at radius 1 is 1.35 bits per heavy atom. The van der Waals surface area contributed by atoms with Gasteiger partial charge in [0, 0.05) is 0 Å². The van der Waals surface area contributed by atoms with Crippen LogP contribution < -0.4 is 5.32 Å². The minimum absolute atomic E-state index is 0.00634. The van der Waals surface area contributed by atoms with E-state index in [0.29, 0.717) is 0 Å². The van der Waals surface area contributed by atoms with Crippen molar-refractivity contribution in [3.8, 4) is 0 Å². The van der Waals surface area contributed by atoms with Crippen LogP contribution in [0.1, 0.15) is 18.5 Å². The maximum absolute atomic E-state index is 13.0. The van der Waals surface area contributed by atoms with E-state index in [1.807, 2.05) is 0 Å². The van der Waals surface area contributed by atoms with Gasteiger partial charge < -0.3 is 15.6 Å². The average Bonchev–Trinajstić information content (AvgIpc) is 2.47. The van der Waals surface area contributed by atoms with Crippen molar-refractivity contribution >= 4 is 52.4 Å². The van der Waals surface area contributed by atoms with Crippen molar-refractivity contribution in [3.05, 3.63) is 41.2 Å². The molecule has 1 aromatic rings. The molecule has 1 atom stereocenters. The molecule has 124 valence electrons. The lowest BCUT2D eigenvalue weighted by Crippen LogP contribution is -2.43. The summed E-state index contributed by atoms with van der Waals surface area (Å²) < 4.78 is 15.5. The van der Waals surface area contributed by atoms with E-state index in [-0.39, 0.29) is 12.2 Å². The predicted octanol–water partition coefficient (Wildman–Crippen LogP) is 2.59. The molecule has 23 heavy (non-hydrogen) atoms. The molecule has 0 aliphatic heterocycles. The molecule has 0 radical (unpaired) electrons. The molecule has 0 aromatic heterocycles. The molecule has 1 aromatic carbocycles. The number of rotatable bonds is 5. The minimum atomic E-state index is -2.31. The van der Waals surface area contributed by atoms with E-state index < -0.39 is 33.2 Å². The van der Waals surface area contributed by atoms with Crippen molar-refractivity contribution in [3.63, 3.8) is 0 Å². The number of hydrogen-bond acceptors (Lipinski definition) is 3. The van der Waals surface area contributed by atoms with Crippen LogP contribution in [0, 0.1) is 5.82 Å². The third-order valence-corrected chi connectivity index (χ3v) is 3.12. The second-order valence-electron chi connectivity index (χ2n) is 4.16. The SMILES string of the molecule is CCOC(=O)C(=[N+]=[N-])C(NC(=O)C(Cl)(Cl)Cl)c1ccc(F)cc1. The highest BCUT2D eigenvalue weighted by Gasteiger charge is 2.40. The normalized spacial score (nSPS) is 12.0. The third kappa shape index (κ3) is 5.48. The predicted molar refractivity (Wildman–Crippen MR) is 82.8 cm³/mol. The van der Waals surface area contributed by atoms with E-state index in [0.717, 1.165) is 12.1 Å². The molecule has 1 N–H and O–H groups in total. The van der Waals surface area contributed by atoms with Gasteiger partial charge in [0.1, 0.15) is 5.82 Å². The number of carbonyl (C=O) groups is 2. The molecule has 0 spiro atoms. The van der Waals surface area contributed by atoms with Crippen LogP contribution in [-0.2, 0) is 14.3 Å². The van der Waals surface area contributed by atoms with E-state index in [2.05, 4.69) is 10.1 Å². The summed E-state index contributed by atoms with van der Waals surface area (Å²) in [6, 6.07) is 3.41. The van der Waals surface area contributed by atoms with Crippen LogP contribution in [0.3, 0.4) is 0 Å². The van der Waals surface area contributed by atoms with Crippen molar-refractivity contribution in [2.45, 2.75) is 16.8 Å². The Bertz CT molecular complexity index is 640. The Labute approximate surface area is 146 Å². The smallest absolute Gasteiger partial charge is 0.419 e. The molecular weight excluding hydrogens is 372 g/mol. The van der Waals surface area contributed by atoms with Gasteiger partial charge in [-0.25, -0.2) is 9.18 Å². The van der Waals surface area contributed by atoms with Crippen LogP contribution in [0.15, 0.2) is 24.3 Å². The molecule has 0 bridgehead atoms. The van der Waals surface area contributed by atoms with Gasteiger partial charge in [0.15, 0.2) is 6.04 Å². The fourth-order valence-electron chi connectivity index (χ4n) is 1.60. The monoisotopic (exact) mass is 381 g/mol. The third-order valence-electron chi connectivity index (χ3n) is 2.60. The van der Waals surface area contributed by atoms with Gasteiger partial charge in [0.25, 0.3) is 9.70 Å². The van der Waals surface area contributed by atoms with Gasteiger partial charge in [-0.2, -0.15) is 4.79 Å². The Balaban J connectivity index is 3.25. The first-order chi connectivity index (χ1) is 10.7. The Morgan fingerprint density at radius 2 is 1.91 bits per heavy atom. The van der Waals surface area contributed by atoms with Crippen molar-refractivity contribution in [2.75, 3.05) is 6.61 Å². The second-order valence-corrected chi connectivity index (χ2v) is 6.44. The highest BCUT2D eigenvalue weighted by atomic mass is 35.6. The maximum Gasteiger partial charge on any atom is 0.419 e. The lowest BCUT2D eigenvalue weighted by molar-refractivity contribution is -0.140. The number of amides is 1. The maximum atomic E-state index is 13.0. The van der Waals surface area contributed by atoms with Crippen LogP contribution in [0.4, 0.5) is 4.39 Å². The molecule has 10 heteroatoms. The summed E-state index contributed by atoms with van der Waals surface area (Å²) in [5.74, 6) is -2.60. The summed E-state index contributed by atoms with van der Waals surface area (Å²) >= 11 is 16.4. The molecule has 0 fully saturated rings. The second kappa shape index (κ2) is 8.26. The van der Waals surface area contributed by atoms with Crippen molar-refractivity contribution in [2.24, 2.45) is 0 Å². The highest BCUT2D eigenvalue weighted by molar-refractivity contribution is 6.76. The molecule has 1 amide bonds. The van der Waals surface area contributed by atoms with E-state index >= 15 is 0 Å². The number of alkyl halides is 3. The molecule has 6 nitrogen and oxygen atoms in total. The lowest BCUT2D eigenvalue weighted by Gasteiger charge is -2.18. The highest BCUT2D eigenvalue weighted by Crippen LogP contribution is 2.27. The molecule has 0 aliphatic carbocycles. The van der Waals surface area contributed by atoms with Gasteiger partial charge in [-0.15, -0.1) is 0 Å². The lowest BCUT2D eigenvalue weighted by atomic mass is 10.0. The number of carbonyl (C=O) groups excluding carboxylic acids is 2. The van der Waals surface area contributed by atoms with E-state index in [1.54, 1.807) is 6.92 Å². The van der Waals surface area contributed by atoms with E-state index in [4.69, 9.17) is 45.1 Å². The van der Waals surface area contributed by atoms with Gasteiger partial charge >= 0.3 is 11.7 Å². The van der Waals surface area contributed by atoms with Crippen molar-refractivity contribution < 1.29 is 23.5 Å². The van der Waals surface area contributed by atoms with Crippen LogP contribution in [-0.4, -0.2) is 32.8 Å². The zero-order chi connectivity index (χ0) is 17.6. The number of ether oxygens (including phenoxy) is 1. The summed E-state index contributed by atoms with van der Waals surface area (Å²) in [6.07, 6.45) is 0. The van der Waals surface area contributed by atoms with Gasteiger partial charge in [-0.05, 0) is 24.6 Å². The number of nitrogens with zero attached hydrogens (tertiary/aromatic N) is 2. The summed E-state index contributed by atoms with van der Waals surface area (Å²) in [4.78, 5) is 26.5.